The zero-order chi connectivity index (χ0) is 25.0. The first kappa shape index (κ1) is 22.3. The highest BCUT2D eigenvalue weighted by Crippen LogP contribution is 2.39. The van der Waals surface area contributed by atoms with E-state index in [1.54, 1.807) is 24.4 Å². The smallest absolute Gasteiger partial charge is 0.251 e. The van der Waals surface area contributed by atoms with Crippen LogP contribution in [0.25, 0.3) is 17.1 Å². The minimum Gasteiger partial charge on any atom is -0.351 e. The lowest BCUT2D eigenvalue weighted by atomic mass is 9.91. The van der Waals surface area contributed by atoms with E-state index in [2.05, 4.69) is 25.6 Å². The van der Waals surface area contributed by atoms with Gasteiger partial charge in [0.2, 0.25) is 0 Å². The maximum Gasteiger partial charge on any atom is 0.251 e. The van der Waals surface area contributed by atoms with Gasteiger partial charge in [0.05, 0.1) is 29.5 Å². The van der Waals surface area contributed by atoms with Gasteiger partial charge in [0, 0.05) is 29.9 Å². The first-order valence-corrected chi connectivity index (χ1v) is 11.6. The molecule has 182 valence electrons. The summed E-state index contributed by atoms with van der Waals surface area (Å²) in [7, 11) is 0. The van der Waals surface area contributed by atoms with Crippen LogP contribution in [0.5, 0.6) is 0 Å². The van der Waals surface area contributed by atoms with Gasteiger partial charge in [-0.05, 0) is 54.7 Å². The summed E-state index contributed by atoms with van der Waals surface area (Å²) >= 11 is 0. The first-order chi connectivity index (χ1) is 17.4. The van der Waals surface area contributed by atoms with Crippen LogP contribution in [0.3, 0.4) is 0 Å². The molecule has 7 nitrogen and oxygen atoms in total. The molecule has 1 amide bonds. The molecule has 4 aromatic rings. The van der Waals surface area contributed by atoms with E-state index >= 15 is 8.78 Å². The predicted molar refractivity (Wildman–Crippen MR) is 127 cm³/mol. The van der Waals surface area contributed by atoms with Crippen molar-refractivity contribution in [2.24, 2.45) is 0 Å². The fraction of sp³-hybridized carbons (Fsp3) is 0.231. The molecule has 2 aliphatic rings. The molecule has 36 heavy (non-hydrogen) atoms. The van der Waals surface area contributed by atoms with Crippen LogP contribution in [-0.4, -0.2) is 32.0 Å². The summed E-state index contributed by atoms with van der Waals surface area (Å²) in [6.45, 7) is 2.48. The molecule has 3 heterocycles. The van der Waals surface area contributed by atoms with Crippen molar-refractivity contribution in [3.05, 3.63) is 83.3 Å². The van der Waals surface area contributed by atoms with Crippen molar-refractivity contribution in [2.75, 3.05) is 11.9 Å². The van der Waals surface area contributed by atoms with E-state index in [9.17, 15) is 9.18 Å². The monoisotopic (exact) mass is 490 g/mol. The number of rotatable bonds is 5. The highest BCUT2D eigenvalue weighted by atomic mass is 19.2. The minimum absolute atomic E-state index is 0.0170. The number of nitrogens with one attached hydrogen (secondary N) is 2. The van der Waals surface area contributed by atoms with Gasteiger partial charge in [-0.2, -0.15) is 0 Å². The summed E-state index contributed by atoms with van der Waals surface area (Å²) in [6.07, 6.45) is 6.16. The summed E-state index contributed by atoms with van der Waals surface area (Å²) in [5.74, 6) is -3.03. The topological polar surface area (TPSA) is 84.7 Å². The van der Waals surface area contributed by atoms with E-state index in [-0.39, 0.29) is 34.7 Å². The number of imidazole rings is 1. The second-order valence-corrected chi connectivity index (χ2v) is 9.17. The number of benzene rings is 2. The third-order valence-corrected chi connectivity index (χ3v) is 6.58. The van der Waals surface area contributed by atoms with Gasteiger partial charge in [-0.1, -0.05) is 6.92 Å². The Morgan fingerprint density at radius 2 is 1.86 bits per heavy atom. The molecule has 0 bridgehead atoms. The van der Waals surface area contributed by atoms with Crippen LogP contribution >= 0.6 is 0 Å². The maximum atomic E-state index is 15.1. The van der Waals surface area contributed by atoms with E-state index < -0.39 is 17.5 Å². The molecule has 1 aliphatic heterocycles. The van der Waals surface area contributed by atoms with Crippen LogP contribution in [-0.2, 0) is 0 Å². The number of nitrogens with zero attached hydrogens (tertiary/aromatic N) is 4. The number of anilines is 2. The summed E-state index contributed by atoms with van der Waals surface area (Å²) in [4.78, 5) is 24.4. The zero-order valence-electron chi connectivity index (χ0n) is 19.2. The number of hydrogen-bond acceptors (Lipinski definition) is 5. The Morgan fingerprint density at radius 3 is 2.67 bits per heavy atom. The highest BCUT2D eigenvalue weighted by Gasteiger charge is 2.27. The Balaban J connectivity index is 1.31. The highest BCUT2D eigenvalue weighted by molar-refractivity contribution is 5.97. The van der Waals surface area contributed by atoms with Crippen molar-refractivity contribution in [1.82, 2.24) is 24.8 Å². The van der Waals surface area contributed by atoms with E-state index in [4.69, 9.17) is 0 Å². The first-order valence-electron chi connectivity index (χ1n) is 11.6. The molecule has 1 aliphatic carbocycles. The Labute approximate surface area is 204 Å². The molecule has 1 fully saturated rings. The summed E-state index contributed by atoms with van der Waals surface area (Å²) < 4.78 is 46.1. The van der Waals surface area contributed by atoms with Crippen molar-refractivity contribution in [2.45, 2.75) is 31.6 Å². The molecule has 0 spiro atoms. The van der Waals surface area contributed by atoms with E-state index in [0.29, 0.717) is 23.7 Å². The van der Waals surface area contributed by atoms with Crippen LogP contribution in [0.15, 0.2) is 49.1 Å². The number of fused-ring (bicyclic) bond motifs is 1. The lowest BCUT2D eigenvalue weighted by Crippen LogP contribution is -2.33. The molecule has 2 aromatic heterocycles. The van der Waals surface area contributed by atoms with Gasteiger partial charge in [0.15, 0.2) is 29.1 Å². The maximum absolute atomic E-state index is 15.1. The molecule has 10 heteroatoms. The van der Waals surface area contributed by atoms with Gasteiger partial charge in [-0.25, -0.2) is 28.1 Å². The third-order valence-electron chi connectivity index (χ3n) is 6.58. The molecule has 1 saturated carbocycles. The van der Waals surface area contributed by atoms with Crippen LogP contribution in [0.2, 0.25) is 0 Å². The third kappa shape index (κ3) is 3.88. The number of halogens is 3. The Bertz CT molecular complexity index is 1510. The number of carbonyl (C=O) groups is 1. The molecular weight excluding hydrogens is 469 g/mol. The van der Waals surface area contributed by atoms with Crippen LogP contribution in [0, 0.1) is 17.5 Å². The molecule has 1 atom stereocenters. The van der Waals surface area contributed by atoms with Crippen LogP contribution in [0.4, 0.5) is 24.7 Å². The fourth-order valence-electron chi connectivity index (χ4n) is 4.40. The molecule has 0 radical (unpaired) electrons. The summed E-state index contributed by atoms with van der Waals surface area (Å²) in [5, 5.41) is 5.69. The fourth-order valence-corrected chi connectivity index (χ4v) is 4.40. The van der Waals surface area contributed by atoms with Gasteiger partial charge < -0.3 is 15.2 Å². The van der Waals surface area contributed by atoms with Gasteiger partial charge >= 0.3 is 0 Å². The summed E-state index contributed by atoms with van der Waals surface area (Å²) in [5.41, 5.74) is 2.57. The van der Waals surface area contributed by atoms with Crippen LogP contribution < -0.4 is 10.6 Å². The Morgan fingerprint density at radius 1 is 1.06 bits per heavy atom. The van der Waals surface area contributed by atoms with Crippen LogP contribution in [0.1, 0.15) is 53.2 Å². The lowest BCUT2D eigenvalue weighted by Gasteiger charge is -2.23. The second kappa shape index (κ2) is 8.47. The van der Waals surface area contributed by atoms with Gasteiger partial charge in [-0.15, -0.1) is 0 Å². The van der Waals surface area contributed by atoms with Crippen molar-refractivity contribution in [3.63, 3.8) is 0 Å². The van der Waals surface area contributed by atoms with Gasteiger partial charge in [0.1, 0.15) is 0 Å². The number of carbonyl (C=O) groups excluding carboxylic acids is 1. The minimum atomic E-state index is -1.14. The van der Waals surface area contributed by atoms with Crippen molar-refractivity contribution in [3.8, 4) is 17.1 Å². The molecular formula is C26H21F3N6O. The van der Waals surface area contributed by atoms with E-state index in [1.165, 1.54) is 23.0 Å². The van der Waals surface area contributed by atoms with Gasteiger partial charge in [0.25, 0.3) is 5.91 Å². The van der Waals surface area contributed by atoms with Crippen molar-refractivity contribution >= 4 is 17.4 Å². The molecule has 2 aromatic carbocycles. The lowest BCUT2D eigenvalue weighted by molar-refractivity contribution is 0.0941. The van der Waals surface area contributed by atoms with Gasteiger partial charge in [-0.3, -0.25) is 4.79 Å². The predicted octanol–water partition coefficient (Wildman–Crippen LogP) is 5.21. The molecule has 0 saturated heterocycles. The Kier molecular flexibility index (Phi) is 5.24. The van der Waals surface area contributed by atoms with E-state index in [0.717, 1.165) is 30.3 Å². The second-order valence-electron chi connectivity index (χ2n) is 9.17. The number of aromatic nitrogens is 4. The molecule has 1 unspecified atom stereocenters. The van der Waals surface area contributed by atoms with Crippen molar-refractivity contribution in [1.29, 1.82) is 0 Å². The number of amides is 1. The average Bonchev–Trinajstić information content (AvgIpc) is 3.61. The van der Waals surface area contributed by atoms with Crippen molar-refractivity contribution < 1.29 is 18.0 Å². The molecule has 6 rings (SSSR count). The van der Waals surface area contributed by atoms with E-state index in [1.807, 2.05) is 6.92 Å². The Hall–Kier alpha value is -4.21. The zero-order valence-corrected chi connectivity index (χ0v) is 19.2. The summed E-state index contributed by atoms with van der Waals surface area (Å²) in [6, 6.07) is 7.83. The normalized spacial score (nSPS) is 17.0. The SMILES string of the molecule is CC1CNC(=O)c2ccc(Nc3nc(-c4ccc(-n5cnc(C6CC6)c5)c(F)c4F)ncc3F)cc21. The largest absolute Gasteiger partial charge is 0.351 e. The quantitative estimate of drug-likeness (QED) is 0.401. The molecule has 2 N–H and O–H groups in total. The number of hydrogen-bond donors (Lipinski definition) is 2. The average molecular weight is 490 g/mol. The standard InChI is InChI=1S/C26H21F3N6O/c1-13-9-31-26(36)16-5-4-15(8-18(13)16)33-25-19(27)10-30-24(34-25)17-6-7-21(23(29)22(17)28)35-11-20(32-12-35)14-2-3-14/h4-8,10-14H,2-3,9H2,1H3,(H,31,36)(H,30,33,34).